The van der Waals surface area contributed by atoms with Crippen molar-refractivity contribution in [3.8, 4) is 6.07 Å². The van der Waals surface area contributed by atoms with Gasteiger partial charge >= 0.3 is 0 Å². The molecule has 24 heavy (non-hydrogen) atoms. The number of methoxy groups -OCH3 is 1. The Hall–Kier alpha value is -2.50. The summed E-state index contributed by atoms with van der Waals surface area (Å²) < 4.78 is 20.9. The molecule has 0 aliphatic carbocycles. The quantitative estimate of drug-likeness (QED) is 0.724. The Morgan fingerprint density at radius 2 is 2.29 bits per heavy atom. The van der Waals surface area contributed by atoms with Crippen LogP contribution < -0.4 is 5.32 Å². The van der Waals surface area contributed by atoms with Gasteiger partial charge in [0.15, 0.2) is 0 Å². The van der Waals surface area contributed by atoms with Crippen LogP contribution in [0.2, 0.25) is 0 Å². The molecule has 0 aromatic carbocycles. The van der Waals surface area contributed by atoms with Gasteiger partial charge in [-0.1, -0.05) is 0 Å². The van der Waals surface area contributed by atoms with Gasteiger partial charge in [-0.2, -0.15) is 10.4 Å². The van der Waals surface area contributed by atoms with Crippen LogP contribution in [0.3, 0.4) is 0 Å². The largest absolute Gasteiger partial charge is 0.380 e. The molecule has 0 amide bonds. The first-order valence-electron chi connectivity index (χ1n) is 7.07. The van der Waals surface area contributed by atoms with E-state index in [4.69, 9.17) is 4.74 Å². The van der Waals surface area contributed by atoms with E-state index in [1.165, 1.54) is 12.3 Å². The Kier molecular flexibility index (Phi) is 4.74. The Morgan fingerprint density at radius 3 is 2.96 bits per heavy atom. The molecule has 122 valence electrons. The van der Waals surface area contributed by atoms with Crippen LogP contribution in [0.5, 0.6) is 0 Å². The topological polar surface area (TPSA) is 75.2 Å². The minimum absolute atomic E-state index is 0.363. The summed E-state index contributed by atoms with van der Waals surface area (Å²) in [4.78, 5) is 4.05. The lowest BCUT2D eigenvalue weighted by Gasteiger charge is -2.17. The fourth-order valence-electron chi connectivity index (χ4n) is 2.39. The molecule has 1 N–H and O–H groups in total. The van der Waals surface area contributed by atoms with E-state index in [-0.39, 0.29) is 6.10 Å². The molecule has 0 aliphatic rings. The highest BCUT2D eigenvalue weighted by Gasteiger charge is 2.15. The predicted octanol–water partition coefficient (Wildman–Crippen LogP) is 3.30. The minimum atomic E-state index is -0.395. The average Bonchev–Trinajstić information content (AvgIpc) is 2.99. The number of hydrogen-bond acceptors (Lipinski definition) is 5. The molecule has 0 fully saturated rings. The standard InChI is InChI=1S/C16H13BrFN5O/c1-24-15(13-3-2-12(18)7-20-13)8-21-14-4-11(17)9-23-16(14)10(5-19)6-22-23/h2-4,6-7,9,15,21H,8H2,1H3. The molecule has 0 radical (unpaired) electrons. The van der Waals surface area contributed by atoms with Crippen molar-refractivity contribution in [2.45, 2.75) is 6.10 Å². The fourth-order valence-corrected chi connectivity index (χ4v) is 2.82. The Morgan fingerprint density at radius 1 is 1.46 bits per heavy atom. The Bertz CT molecular complexity index is 903. The van der Waals surface area contributed by atoms with Gasteiger partial charge < -0.3 is 10.1 Å². The van der Waals surface area contributed by atoms with Crippen LogP contribution >= 0.6 is 15.9 Å². The van der Waals surface area contributed by atoms with Gasteiger partial charge in [0.2, 0.25) is 0 Å². The van der Waals surface area contributed by atoms with Gasteiger partial charge in [-0.05, 0) is 34.1 Å². The highest BCUT2D eigenvalue weighted by molar-refractivity contribution is 9.10. The third-order valence-electron chi connectivity index (χ3n) is 3.54. The van der Waals surface area contributed by atoms with Crippen molar-refractivity contribution in [3.63, 3.8) is 0 Å². The third kappa shape index (κ3) is 3.22. The van der Waals surface area contributed by atoms with Crippen molar-refractivity contribution in [1.82, 2.24) is 14.6 Å². The molecule has 0 aliphatic heterocycles. The van der Waals surface area contributed by atoms with E-state index < -0.39 is 5.82 Å². The molecule has 0 saturated carbocycles. The molecular formula is C16H13BrFN5O. The maximum absolute atomic E-state index is 13.0. The van der Waals surface area contributed by atoms with Crippen LogP contribution in [0.1, 0.15) is 17.4 Å². The lowest BCUT2D eigenvalue weighted by molar-refractivity contribution is 0.110. The number of hydrogen-bond donors (Lipinski definition) is 1. The van der Waals surface area contributed by atoms with Gasteiger partial charge in [-0.25, -0.2) is 8.91 Å². The first-order chi connectivity index (χ1) is 11.6. The average molecular weight is 390 g/mol. The molecule has 0 bridgehead atoms. The summed E-state index contributed by atoms with van der Waals surface area (Å²) in [5.74, 6) is -0.395. The molecular weight excluding hydrogens is 377 g/mol. The van der Waals surface area contributed by atoms with E-state index in [0.29, 0.717) is 23.3 Å². The van der Waals surface area contributed by atoms with Crippen LogP contribution in [0.15, 0.2) is 41.3 Å². The molecule has 6 nitrogen and oxygen atoms in total. The smallest absolute Gasteiger partial charge is 0.141 e. The first-order valence-corrected chi connectivity index (χ1v) is 7.86. The zero-order valence-electron chi connectivity index (χ0n) is 12.7. The Labute approximate surface area is 146 Å². The molecule has 3 heterocycles. The number of pyridine rings is 2. The van der Waals surface area contributed by atoms with Gasteiger partial charge in [-0.3, -0.25) is 4.98 Å². The van der Waals surface area contributed by atoms with Crippen molar-refractivity contribution < 1.29 is 9.13 Å². The van der Waals surface area contributed by atoms with Crippen LogP contribution in [0.25, 0.3) is 5.52 Å². The summed E-state index contributed by atoms with van der Waals surface area (Å²) in [6.07, 6.45) is 4.08. The number of anilines is 1. The predicted molar refractivity (Wildman–Crippen MR) is 90.0 cm³/mol. The first kappa shape index (κ1) is 16.4. The molecule has 3 aromatic heterocycles. The normalized spacial score (nSPS) is 12.1. The summed E-state index contributed by atoms with van der Waals surface area (Å²) >= 11 is 3.42. The second-order valence-corrected chi connectivity index (χ2v) is 5.96. The lowest BCUT2D eigenvalue weighted by atomic mass is 10.2. The maximum atomic E-state index is 13.0. The number of nitrogens with one attached hydrogen (secondary N) is 1. The molecule has 1 unspecified atom stereocenters. The summed E-state index contributed by atoms with van der Waals surface area (Å²) in [6.45, 7) is 0.400. The van der Waals surface area contributed by atoms with Crippen molar-refractivity contribution in [1.29, 1.82) is 5.26 Å². The Balaban J connectivity index is 1.88. The second kappa shape index (κ2) is 6.95. The monoisotopic (exact) mass is 389 g/mol. The van der Waals surface area contributed by atoms with E-state index in [0.717, 1.165) is 16.4 Å². The van der Waals surface area contributed by atoms with Crippen molar-refractivity contribution in [2.75, 3.05) is 19.0 Å². The molecule has 3 rings (SSSR count). The SMILES string of the molecule is COC(CNc1cc(Br)cn2ncc(C#N)c12)c1ccc(F)cn1. The number of ether oxygens (including phenoxy) is 1. The fraction of sp³-hybridized carbons (Fsp3) is 0.188. The lowest BCUT2D eigenvalue weighted by Crippen LogP contribution is -2.16. The molecule has 1 atom stereocenters. The maximum Gasteiger partial charge on any atom is 0.141 e. The molecule has 8 heteroatoms. The zero-order chi connectivity index (χ0) is 17.1. The van der Waals surface area contributed by atoms with Crippen molar-refractivity contribution in [2.24, 2.45) is 0 Å². The highest BCUT2D eigenvalue weighted by Crippen LogP contribution is 2.26. The van der Waals surface area contributed by atoms with Crippen molar-refractivity contribution >= 4 is 27.1 Å². The van der Waals surface area contributed by atoms with E-state index in [9.17, 15) is 9.65 Å². The number of rotatable bonds is 5. The number of nitrogens with zero attached hydrogens (tertiary/aromatic N) is 4. The minimum Gasteiger partial charge on any atom is -0.380 e. The summed E-state index contributed by atoms with van der Waals surface area (Å²) in [5.41, 5.74) is 2.51. The van der Waals surface area contributed by atoms with E-state index in [2.05, 4.69) is 37.4 Å². The molecule has 0 saturated heterocycles. The summed E-state index contributed by atoms with van der Waals surface area (Å²) in [7, 11) is 1.56. The second-order valence-electron chi connectivity index (χ2n) is 5.04. The van der Waals surface area contributed by atoms with Gasteiger partial charge in [-0.15, -0.1) is 0 Å². The number of aromatic nitrogens is 3. The van der Waals surface area contributed by atoms with Crippen LogP contribution in [-0.4, -0.2) is 28.3 Å². The number of fused-ring (bicyclic) bond motifs is 1. The third-order valence-corrected chi connectivity index (χ3v) is 3.98. The zero-order valence-corrected chi connectivity index (χ0v) is 14.3. The van der Waals surface area contributed by atoms with Crippen LogP contribution in [0, 0.1) is 17.1 Å². The van der Waals surface area contributed by atoms with Gasteiger partial charge in [0.05, 0.1) is 29.3 Å². The molecule has 3 aromatic rings. The number of halogens is 2. The number of nitriles is 1. The summed E-state index contributed by atoms with van der Waals surface area (Å²) in [5, 5.41) is 16.7. The van der Waals surface area contributed by atoms with Gasteiger partial charge in [0, 0.05) is 24.3 Å². The summed E-state index contributed by atoms with van der Waals surface area (Å²) in [6, 6.07) is 6.92. The molecule has 0 spiro atoms. The van der Waals surface area contributed by atoms with E-state index in [1.807, 2.05) is 6.07 Å². The van der Waals surface area contributed by atoms with E-state index in [1.54, 1.807) is 23.9 Å². The van der Waals surface area contributed by atoms with E-state index >= 15 is 0 Å². The van der Waals surface area contributed by atoms with Crippen molar-refractivity contribution in [3.05, 3.63) is 58.3 Å². The van der Waals surface area contributed by atoms with Gasteiger partial charge in [0.1, 0.15) is 23.5 Å². The van der Waals surface area contributed by atoms with Crippen LogP contribution in [0.4, 0.5) is 10.1 Å². The highest BCUT2D eigenvalue weighted by atomic mass is 79.9. The van der Waals surface area contributed by atoms with Gasteiger partial charge in [0.25, 0.3) is 0 Å². The van der Waals surface area contributed by atoms with Crippen LogP contribution in [-0.2, 0) is 4.74 Å².